The highest BCUT2D eigenvalue weighted by Gasteiger charge is 2.12. The first-order valence-electron chi connectivity index (χ1n) is 8.95. The third-order valence-corrected chi connectivity index (χ3v) is 4.72. The maximum absolute atomic E-state index is 5.23. The molecule has 2 N–H and O–H groups in total. The van der Waals surface area contributed by atoms with Gasteiger partial charge in [-0.1, -0.05) is 29.8 Å². The van der Waals surface area contributed by atoms with Crippen LogP contribution in [-0.4, -0.2) is 22.1 Å². The van der Waals surface area contributed by atoms with Gasteiger partial charge in [0.2, 0.25) is 0 Å². The van der Waals surface area contributed by atoms with Gasteiger partial charge in [0.15, 0.2) is 0 Å². The highest BCUT2D eigenvalue weighted by molar-refractivity contribution is 5.91. The fourth-order valence-electron chi connectivity index (χ4n) is 3.21. The summed E-state index contributed by atoms with van der Waals surface area (Å²) in [5.41, 5.74) is 5.37. The molecule has 0 bridgehead atoms. The quantitative estimate of drug-likeness (QED) is 0.520. The first kappa shape index (κ1) is 17.1. The molecule has 0 saturated heterocycles. The van der Waals surface area contributed by atoms with Crippen LogP contribution < -0.4 is 10.1 Å². The van der Waals surface area contributed by atoms with Crippen LogP contribution in [0, 0.1) is 6.92 Å². The molecule has 2 aromatic carbocycles. The molecule has 2 aromatic heterocycles. The van der Waals surface area contributed by atoms with Gasteiger partial charge in [-0.3, -0.25) is 0 Å². The molecule has 0 spiro atoms. The fraction of sp³-hybridized carbons (Fsp3) is 0.182. The SMILES string of the molecule is COc1ccc(-c2cc3c(NC(C)c4cccc(C)c4)ncnc3[nH]2)cc1. The average molecular weight is 358 g/mol. The number of hydrogen-bond donors (Lipinski definition) is 2. The van der Waals surface area contributed by atoms with E-state index in [0.29, 0.717) is 0 Å². The second-order valence-corrected chi connectivity index (χ2v) is 6.68. The molecule has 0 aliphatic carbocycles. The van der Waals surface area contributed by atoms with E-state index in [0.717, 1.165) is 33.9 Å². The molecule has 0 saturated carbocycles. The number of benzene rings is 2. The molecule has 5 nitrogen and oxygen atoms in total. The molecule has 0 amide bonds. The minimum Gasteiger partial charge on any atom is -0.497 e. The molecular weight excluding hydrogens is 336 g/mol. The molecule has 136 valence electrons. The van der Waals surface area contributed by atoms with Crippen molar-refractivity contribution in [1.29, 1.82) is 0 Å². The van der Waals surface area contributed by atoms with Crippen LogP contribution in [0.2, 0.25) is 0 Å². The maximum atomic E-state index is 5.23. The molecule has 2 heterocycles. The normalized spacial score (nSPS) is 12.1. The lowest BCUT2D eigenvalue weighted by molar-refractivity contribution is 0.415. The van der Waals surface area contributed by atoms with E-state index in [9.17, 15) is 0 Å². The number of methoxy groups -OCH3 is 1. The Bertz CT molecular complexity index is 1070. The Balaban J connectivity index is 1.66. The van der Waals surface area contributed by atoms with Crippen LogP contribution in [0.3, 0.4) is 0 Å². The van der Waals surface area contributed by atoms with Crippen molar-refractivity contribution in [1.82, 2.24) is 15.0 Å². The van der Waals surface area contributed by atoms with Crippen molar-refractivity contribution in [2.75, 3.05) is 12.4 Å². The van der Waals surface area contributed by atoms with Crippen molar-refractivity contribution in [2.24, 2.45) is 0 Å². The van der Waals surface area contributed by atoms with Gasteiger partial charge in [0.25, 0.3) is 0 Å². The van der Waals surface area contributed by atoms with Gasteiger partial charge in [0, 0.05) is 11.7 Å². The number of aryl methyl sites for hydroxylation is 1. The zero-order chi connectivity index (χ0) is 18.8. The predicted molar refractivity (Wildman–Crippen MR) is 109 cm³/mol. The van der Waals surface area contributed by atoms with Gasteiger partial charge in [0.1, 0.15) is 23.5 Å². The summed E-state index contributed by atoms with van der Waals surface area (Å²) in [5.74, 6) is 1.66. The maximum Gasteiger partial charge on any atom is 0.143 e. The second kappa shape index (κ2) is 7.11. The number of ether oxygens (including phenoxy) is 1. The van der Waals surface area contributed by atoms with E-state index in [-0.39, 0.29) is 6.04 Å². The van der Waals surface area contributed by atoms with Gasteiger partial charge in [-0.2, -0.15) is 0 Å². The number of aromatic amines is 1. The van der Waals surface area contributed by atoms with Crippen LogP contribution in [0.1, 0.15) is 24.1 Å². The number of aromatic nitrogens is 3. The summed E-state index contributed by atoms with van der Waals surface area (Å²) in [7, 11) is 1.67. The molecule has 4 aromatic rings. The molecule has 0 fully saturated rings. The van der Waals surface area contributed by atoms with Crippen LogP contribution in [0.4, 0.5) is 5.82 Å². The molecule has 1 atom stereocenters. The van der Waals surface area contributed by atoms with Crippen LogP contribution >= 0.6 is 0 Å². The lowest BCUT2D eigenvalue weighted by atomic mass is 10.1. The number of nitrogens with zero attached hydrogens (tertiary/aromatic N) is 2. The summed E-state index contributed by atoms with van der Waals surface area (Å²) in [6.45, 7) is 4.24. The minimum absolute atomic E-state index is 0.141. The second-order valence-electron chi connectivity index (χ2n) is 6.68. The van der Waals surface area contributed by atoms with E-state index in [4.69, 9.17) is 4.74 Å². The van der Waals surface area contributed by atoms with Crippen molar-refractivity contribution in [2.45, 2.75) is 19.9 Å². The van der Waals surface area contributed by atoms with Gasteiger partial charge < -0.3 is 15.0 Å². The first-order chi connectivity index (χ1) is 13.1. The molecule has 1 unspecified atom stereocenters. The monoisotopic (exact) mass is 358 g/mol. The van der Waals surface area contributed by atoms with Crippen LogP contribution in [0.25, 0.3) is 22.3 Å². The van der Waals surface area contributed by atoms with E-state index in [2.05, 4.69) is 64.4 Å². The molecule has 0 aliphatic rings. The van der Waals surface area contributed by atoms with Crippen molar-refractivity contribution >= 4 is 16.9 Å². The summed E-state index contributed by atoms with van der Waals surface area (Å²) in [6, 6.07) is 18.7. The predicted octanol–water partition coefficient (Wildman–Crippen LogP) is 5.12. The summed E-state index contributed by atoms with van der Waals surface area (Å²) in [6.07, 6.45) is 1.59. The lowest BCUT2D eigenvalue weighted by Gasteiger charge is -2.15. The van der Waals surface area contributed by atoms with Crippen LogP contribution in [-0.2, 0) is 0 Å². The average Bonchev–Trinajstić information content (AvgIpc) is 3.13. The Kier molecular flexibility index (Phi) is 4.50. The molecule has 27 heavy (non-hydrogen) atoms. The number of anilines is 1. The van der Waals surface area contributed by atoms with E-state index in [1.807, 2.05) is 24.3 Å². The summed E-state index contributed by atoms with van der Waals surface area (Å²) >= 11 is 0. The number of nitrogens with one attached hydrogen (secondary N) is 2. The zero-order valence-electron chi connectivity index (χ0n) is 15.7. The summed E-state index contributed by atoms with van der Waals surface area (Å²) < 4.78 is 5.23. The van der Waals surface area contributed by atoms with E-state index >= 15 is 0 Å². The zero-order valence-corrected chi connectivity index (χ0v) is 15.7. The highest BCUT2D eigenvalue weighted by Crippen LogP contribution is 2.29. The Morgan fingerprint density at radius 1 is 1.04 bits per heavy atom. The van der Waals surface area contributed by atoms with Crippen molar-refractivity contribution in [3.63, 3.8) is 0 Å². The summed E-state index contributed by atoms with van der Waals surface area (Å²) in [4.78, 5) is 12.2. The number of rotatable bonds is 5. The van der Waals surface area contributed by atoms with Crippen LogP contribution in [0.15, 0.2) is 60.9 Å². The fourth-order valence-corrected chi connectivity index (χ4v) is 3.21. The number of fused-ring (bicyclic) bond motifs is 1. The molecule has 4 rings (SSSR count). The van der Waals surface area contributed by atoms with Crippen molar-refractivity contribution in [3.8, 4) is 17.0 Å². The van der Waals surface area contributed by atoms with E-state index in [1.165, 1.54) is 11.1 Å². The van der Waals surface area contributed by atoms with Crippen LogP contribution in [0.5, 0.6) is 5.75 Å². The molecular formula is C22H22N4O. The topological polar surface area (TPSA) is 62.8 Å². The van der Waals surface area contributed by atoms with Gasteiger partial charge in [-0.15, -0.1) is 0 Å². The molecule has 5 heteroatoms. The Morgan fingerprint density at radius 3 is 2.59 bits per heavy atom. The Hall–Kier alpha value is -3.34. The van der Waals surface area contributed by atoms with Crippen molar-refractivity contribution < 1.29 is 4.74 Å². The van der Waals surface area contributed by atoms with Crippen molar-refractivity contribution in [3.05, 3.63) is 72.1 Å². The standard InChI is InChI=1S/C22H22N4O/c1-14-5-4-6-17(11-14)15(2)25-21-19-12-20(26-22(19)24-13-23-21)16-7-9-18(27-3)10-8-16/h4-13,15H,1-3H3,(H2,23,24,25,26). The third kappa shape index (κ3) is 3.49. The van der Waals surface area contributed by atoms with Gasteiger partial charge in [-0.25, -0.2) is 9.97 Å². The first-order valence-corrected chi connectivity index (χ1v) is 8.95. The number of H-pyrrole nitrogens is 1. The van der Waals surface area contributed by atoms with Gasteiger partial charge in [-0.05, 0) is 55.3 Å². The smallest absolute Gasteiger partial charge is 0.143 e. The molecule has 0 aliphatic heterocycles. The Morgan fingerprint density at radius 2 is 1.85 bits per heavy atom. The Labute approximate surface area is 158 Å². The van der Waals surface area contributed by atoms with Gasteiger partial charge in [0.05, 0.1) is 12.5 Å². The highest BCUT2D eigenvalue weighted by atomic mass is 16.5. The third-order valence-electron chi connectivity index (χ3n) is 4.72. The summed E-state index contributed by atoms with van der Waals surface area (Å²) in [5, 5.41) is 4.50. The van der Waals surface area contributed by atoms with E-state index in [1.54, 1.807) is 13.4 Å². The molecule has 0 radical (unpaired) electrons. The minimum atomic E-state index is 0.141. The van der Waals surface area contributed by atoms with E-state index < -0.39 is 0 Å². The largest absolute Gasteiger partial charge is 0.497 e. The number of hydrogen-bond acceptors (Lipinski definition) is 4. The van der Waals surface area contributed by atoms with Gasteiger partial charge >= 0.3 is 0 Å². The lowest BCUT2D eigenvalue weighted by Crippen LogP contribution is -2.08.